The normalized spacial score (nSPS) is 38.8. The summed E-state index contributed by atoms with van der Waals surface area (Å²) < 4.78 is 130. The van der Waals surface area contributed by atoms with Crippen molar-refractivity contribution in [2.75, 3.05) is 66.1 Å². The zero-order chi connectivity index (χ0) is 37.8. The third-order valence-corrected chi connectivity index (χ3v) is 6.38. The molecule has 0 amide bonds. The Morgan fingerprint density at radius 3 is 2.77 bits per heavy atom. The van der Waals surface area contributed by atoms with E-state index in [0.29, 0.717) is 24.3 Å². The topological polar surface area (TPSA) is 105 Å². The highest BCUT2D eigenvalue weighted by molar-refractivity contribution is 5.98. The van der Waals surface area contributed by atoms with E-state index in [-0.39, 0.29) is 19.8 Å². The molecule has 10 nitrogen and oxygen atoms in total. The summed E-state index contributed by atoms with van der Waals surface area (Å²) in [5.41, 5.74) is -0.0219. The van der Waals surface area contributed by atoms with E-state index < -0.39 is 92.8 Å². The smallest absolute Gasteiger partial charge is 0.199 e. The fourth-order valence-electron chi connectivity index (χ4n) is 4.38. The van der Waals surface area contributed by atoms with Crippen LogP contribution in [0.5, 0.6) is 5.75 Å². The second kappa shape index (κ2) is 13.3. The van der Waals surface area contributed by atoms with Crippen molar-refractivity contribution in [2.45, 2.75) is 50.6 Å². The fraction of sp³-hybridized carbons (Fsp3) is 0.655. The number of ketones is 2. The molecule has 0 bridgehead atoms. The quantitative estimate of drug-likeness (QED) is 0.538. The summed E-state index contributed by atoms with van der Waals surface area (Å²) >= 11 is 0. The minimum absolute atomic E-state index is 0.0641. The number of piperidine rings is 1. The molecule has 3 fully saturated rings. The Morgan fingerprint density at radius 1 is 1.21 bits per heavy atom. The van der Waals surface area contributed by atoms with Crippen LogP contribution in [0.15, 0.2) is 35.6 Å². The van der Waals surface area contributed by atoms with Crippen LogP contribution in [-0.4, -0.2) is 94.7 Å². The minimum atomic E-state index is -2.90. The number of rotatable bonds is 7. The average Bonchev–Trinajstić information content (AvgIpc) is 3.71. The van der Waals surface area contributed by atoms with Gasteiger partial charge in [0.05, 0.1) is 42.0 Å². The van der Waals surface area contributed by atoms with Gasteiger partial charge in [-0.05, 0) is 62.7 Å². The largest absolute Gasteiger partial charge is 0.497 e. The lowest BCUT2D eigenvalue weighted by atomic mass is 9.86. The van der Waals surface area contributed by atoms with Crippen LogP contribution in [-0.2, 0) is 39.8 Å². The molecule has 0 saturated carbocycles. The summed E-state index contributed by atoms with van der Waals surface area (Å²) in [5.74, 6) is -5.71. The van der Waals surface area contributed by atoms with E-state index in [4.69, 9.17) is 44.9 Å². The number of nitrogens with zero attached hydrogens (tertiary/aromatic N) is 1. The van der Waals surface area contributed by atoms with E-state index in [1.165, 1.54) is 7.11 Å². The Balaban J connectivity index is 0.000000262. The number of Topliss-reactive ketones (excluding diaryl/α,β-unsaturated/α-hetero) is 2. The second-order valence-electron chi connectivity index (χ2n) is 9.09. The molecule has 1 spiro atoms. The Bertz CT molecular complexity index is 1510. The maximum atomic E-state index is 13.4. The van der Waals surface area contributed by atoms with Crippen molar-refractivity contribution in [1.82, 2.24) is 10.2 Å². The molecule has 5 heterocycles. The number of hydrogen-bond donors (Lipinski definition) is 1. The van der Waals surface area contributed by atoms with Crippen molar-refractivity contribution < 1.29 is 54.5 Å². The highest BCUT2D eigenvalue weighted by Gasteiger charge is 2.51. The highest BCUT2D eigenvalue weighted by atomic mass is 16.7. The van der Waals surface area contributed by atoms with Gasteiger partial charge in [-0.3, -0.25) is 14.5 Å². The summed E-state index contributed by atoms with van der Waals surface area (Å²) in [6, 6.07) is 6.57. The molecule has 1 N–H and O–H groups in total. The van der Waals surface area contributed by atoms with Gasteiger partial charge in [-0.25, -0.2) is 0 Å². The van der Waals surface area contributed by atoms with Crippen LogP contribution in [0.3, 0.4) is 0 Å². The molecule has 39 heavy (non-hydrogen) atoms. The zero-order valence-electron chi connectivity index (χ0n) is 33.5. The summed E-state index contributed by atoms with van der Waals surface area (Å²) in [6.45, 7) is -11.6. The van der Waals surface area contributed by atoms with Crippen LogP contribution in [0.1, 0.15) is 54.0 Å². The number of nitrogens with one attached hydrogen (secondary N) is 1. The van der Waals surface area contributed by atoms with Gasteiger partial charge in [0.15, 0.2) is 30.3 Å². The van der Waals surface area contributed by atoms with E-state index >= 15 is 0 Å². The standard InChI is InChI=1S/C22H31NO6.C7H9NO2/c1-25-18-7-5-17(6-8-18)14-23-10-9-19(22(16-23)28-12-13-29-22)20(24)15-27-21-4-2-3-11-26-21;9-6-4-10-7-3-8-2-1-5(6)7/h5-8,19,21H,2-4,9-16H2,1H3;8H,1-4H2/i9D2,10D2,16D2;1D2,2D2,3D2. The molecule has 3 saturated heterocycles. The highest BCUT2D eigenvalue weighted by Crippen LogP contribution is 2.37. The lowest BCUT2D eigenvalue weighted by Gasteiger charge is -2.43. The van der Waals surface area contributed by atoms with Crippen molar-refractivity contribution in [2.24, 2.45) is 5.92 Å². The SMILES string of the molecule is [2H]C1([2H])C(C(=O)COC2CCCCO2)C2(OCCO2)C([2H])([2H])N(Cc2ccc(OC)cc2)C1([2H])[2H].[2H]C1([2H])NC([2H])([2H])C([2H])([2H])C2=C1OCC2=O. The van der Waals surface area contributed by atoms with Crippen LogP contribution < -0.4 is 10.1 Å². The van der Waals surface area contributed by atoms with E-state index in [2.05, 4.69) is 0 Å². The molecule has 0 aliphatic carbocycles. The summed E-state index contributed by atoms with van der Waals surface area (Å²) in [4.78, 5) is 25.5. The molecule has 0 radical (unpaired) electrons. The van der Waals surface area contributed by atoms with Crippen LogP contribution in [0.25, 0.3) is 0 Å². The van der Waals surface area contributed by atoms with Crippen LogP contribution >= 0.6 is 0 Å². The van der Waals surface area contributed by atoms with Gasteiger partial charge >= 0.3 is 0 Å². The summed E-state index contributed by atoms with van der Waals surface area (Å²) in [7, 11) is 1.51. The third kappa shape index (κ3) is 7.06. The number of hydrogen-bond acceptors (Lipinski definition) is 10. The number of carbonyl (C=O) groups excluding carboxylic acids is 2. The van der Waals surface area contributed by atoms with E-state index in [9.17, 15) is 9.59 Å². The number of ether oxygens (including phenoxy) is 6. The minimum Gasteiger partial charge on any atom is -0.497 e. The van der Waals surface area contributed by atoms with Gasteiger partial charge in [0.2, 0.25) is 0 Å². The average molecular weight is 557 g/mol. The van der Waals surface area contributed by atoms with Crippen molar-refractivity contribution in [1.29, 1.82) is 0 Å². The van der Waals surface area contributed by atoms with Gasteiger partial charge < -0.3 is 33.7 Å². The fourth-order valence-corrected chi connectivity index (χ4v) is 4.38. The van der Waals surface area contributed by atoms with E-state index in [1.54, 1.807) is 24.3 Å². The number of benzene rings is 1. The van der Waals surface area contributed by atoms with Gasteiger partial charge in [0.1, 0.15) is 18.1 Å². The zero-order valence-corrected chi connectivity index (χ0v) is 21.5. The van der Waals surface area contributed by atoms with E-state index in [0.717, 1.165) is 17.7 Å². The summed E-state index contributed by atoms with van der Waals surface area (Å²) in [5, 5.41) is 1.87. The molecule has 5 aliphatic heterocycles. The summed E-state index contributed by atoms with van der Waals surface area (Å²) in [6.07, 6.45) is -3.78. The first-order chi connectivity index (χ1) is 23.6. The second-order valence-corrected chi connectivity index (χ2v) is 9.09. The Morgan fingerprint density at radius 2 is 2.03 bits per heavy atom. The third-order valence-electron chi connectivity index (χ3n) is 6.38. The molecule has 1 aromatic rings. The monoisotopic (exact) mass is 556 g/mol. The van der Waals surface area contributed by atoms with Crippen LogP contribution in [0.4, 0.5) is 0 Å². The lowest BCUT2D eigenvalue weighted by Crippen LogP contribution is -2.57. The Hall–Kier alpha value is -2.34. The molecular formula is C29H40N2O8. The van der Waals surface area contributed by atoms with Crippen molar-refractivity contribution in [3.05, 3.63) is 41.2 Å². The molecule has 1 aromatic carbocycles. The molecule has 0 aromatic heterocycles. The number of likely N-dealkylation sites (tertiary alicyclic amines) is 1. The maximum Gasteiger partial charge on any atom is 0.199 e. The van der Waals surface area contributed by atoms with Gasteiger partial charge in [0.25, 0.3) is 0 Å². The first-order valence-electron chi connectivity index (χ1n) is 18.7. The molecule has 10 heteroatoms. The van der Waals surface area contributed by atoms with Crippen molar-refractivity contribution >= 4 is 11.6 Å². The Labute approximate surface area is 246 Å². The first kappa shape index (κ1) is 16.8. The maximum absolute atomic E-state index is 13.4. The molecule has 5 aliphatic rings. The van der Waals surface area contributed by atoms with Crippen molar-refractivity contribution in [3.63, 3.8) is 0 Å². The van der Waals surface area contributed by atoms with Gasteiger partial charge in [-0.2, -0.15) is 0 Å². The molecule has 2 unspecified atom stereocenters. The lowest BCUT2D eigenvalue weighted by molar-refractivity contribution is -0.227. The number of carbonyl (C=O) groups is 2. The predicted octanol–water partition coefficient (Wildman–Crippen LogP) is 2.21. The predicted molar refractivity (Wildman–Crippen MR) is 141 cm³/mol. The van der Waals surface area contributed by atoms with Gasteiger partial charge in [0, 0.05) is 32.4 Å². The van der Waals surface area contributed by atoms with Crippen LogP contribution in [0.2, 0.25) is 0 Å². The van der Waals surface area contributed by atoms with E-state index in [1.807, 2.05) is 5.32 Å². The molecule has 6 rings (SSSR count). The number of methoxy groups -OCH3 is 1. The van der Waals surface area contributed by atoms with Crippen LogP contribution in [0, 0.1) is 5.92 Å². The first-order valence-corrected chi connectivity index (χ1v) is 12.7. The molecule has 2 atom stereocenters. The Kier molecular flexibility index (Phi) is 5.75. The van der Waals surface area contributed by atoms with Crippen molar-refractivity contribution in [3.8, 4) is 5.75 Å². The van der Waals surface area contributed by atoms with Gasteiger partial charge in [-0.15, -0.1) is 0 Å². The molecule has 214 valence electrons. The molecular weight excluding hydrogens is 504 g/mol. The van der Waals surface area contributed by atoms with Gasteiger partial charge in [-0.1, -0.05) is 12.1 Å².